The minimum Gasteiger partial charge on any atom is -0.484 e. The molecule has 0 unspecified atom stereocenters. The summed E-state index contributed by atoms with van der Waals surface area (Å²) < 4.78 is 26.4. The second kappa shape index (κ2) is 6.88. The molecule has 0 N–H and O–H groups in total. The average molecular weight is 431 g/mol. The van der Waals surface area contributed by atoms with E-state index in [1.54, 1.807) is 16.6 Å². The Kier molecular flexibility index (Phi) is 4.52. The van der Waals surface area contributed by atoms with Crippen molar-refractivity contribution < 1.29 is 18.9 Å². The molecule has 0 amide bonds. The van der Waals surface area contributed by atoms with Crippen LogP contribution in [-0.2, 0) is 14.2 Å². The molecular weight excluding hydrogens is 408 g/mol. The Morgan fingerprint density at radius 1 is 1.07 bits per heavy atom. The Hall–Kier alpha value is -2.26. The molecule has 1 aromatic carbocycles. The minimum atomic E-state index is -0.770. The van der Waals surface area contributed by atoms with Crippen LogP contribution in [0.25, 0.3) is 5.65 Å². The molecule has 4 atom stereocenters. The lowest BCUT2D eigenvalue weighted by Gasteiger charge is -2.27. The van der Waals surface area contributed by atoms with Gasteiger partial charge >= 0.3 is 0 Å². The molecule has 0 bridgehead atoms. The van der Waals surface area contributed by atoms with E-state index in [2.05, 4.69) is 34.4 Å². The fourth-order valence-electron chi connectivity index (χ4n) is 4.27. The summed E-state index contributed by atoms with van der Waals surface area (Å²) in [5, 5.41) is 13.2. The zero-order chi connectivity index (χ0) is 21.2. The van der Waals surface area contributed by atoms with Crippen LogP contribution in [0.5, 0.6) is 5.75 Å². The number of nitrogens with zero attached hydrogens (tertiary/aromatic N) is 4. The molecule has 30 heavy (non-hydrogen) atoms. The van der Waals surface area contributed by atoms with E-state index in [0.717, 1.165) is 16.9 Å². The van der Waals surface area contributed by atoms with Gasteiger partial charge in [-0.3, -0.25) is 0 Å². The van der Waals surface area contributed by atoms with Crippen molar-refractivity contribution in [2.75, 3.05) is 0 Å². The zero-order valence-corrected chi connectivity index (χ0v) is 18.2. The van der Waals surface area contributed by atoms with Gasteiger partial charge in [0, 0.05) is 0 Å². The largest absolute Gasteiger partial charge is 0.484 e. The fourth-order valence-corrected chi connectivity index (χ4v) is 4.40. The average Bonchev–Trinajstić information content (AvgIpc) is 3.27. The molecule has 8 nitrogen and oxygen atoms in total. The Bertz CT molecular complexity index is 1110. The van der Waals surface area contributed by atoms with E-state index in [4.69, 9.17) is 30.5 Å². The highest BCUT2D eigenvalue weighted by Gasteiger charge is 2.58. The first kappa shape index (κ1) is 19.7. The van der Waals surface area contributed by atoms with Crippen molar-refractivity contribution in [1.82, 2.24) is 19.8 Å². The smallest absolute Gasteiger partial charge is 0.191 e. The van der Waals surface area contributed by atoms with Crippen LogP contribution in [0.3, 0.4) is 0 Å². The molecule has 5 rings (SSSR count). The molecule has 2 aromatic heterocycles. The third kappa shape index (κ3) is 3.24. The number of fused-ring (bicyclic) bond motifs is 2. The van der Waals surface area contributed by atoms with Crippen molar-refractivity contribution in [3.63, 3.8) is 0 Å². The maximum absolute atomic E-state index is 6.54. The molecule has 2 aliphatic rings. The van der Waals surface area contributed by atoms with E-state index < -0.39 is 30.4 Å². The van der Waals surface area contributed by atoms with Gasteiger partial charge in [0.15, 0.2) is 41.9 Å². The van der Waals surface area contributed by atoms with Gasteiger partial charge in [-0.2, -0.15) is 9.61 Å². The van der Waals surface area contributed by atoms with Crippen LogP contribution in [0.2, 0.25) is 5.15 Å². The van der Waals surface area contributed by atoms with E-state index in [9.17, 15) is 0 Å². The summed E-state index contributed by atoms with van der Waals surface area (Å²) >= 11 is 6.10. The zero-order valence-electron chi connectivity index (χ0n) is 17.4. The highest BCUT2D eigenvalue weighted by molar-refractivity contribution is 6.29. The van der Waals surface area contributed by atoms with Gasteiger partial charge in [-0.25, -0.2) is 0 Å². The second-order valence-corrected chi connectivity index (χ2v) is 8.71. The number of hydrogen-bond donors (Lipinski definition) is 0. The van der Waals surface area contributed by atoms with Crippen LogP contribution < -0.4 is 4.74 Å². The summed E-state index contributed by atoms with van der Waals surface area (Å²) in [6.07, 6.45) is -2.13. The monoisotopic (exact) mass is 430 g/mol. The third-order valence-electron chi connectivity index (χ3n) is 5.36. The first-order valence-electron chi connectivity index (χ1n) is 9.85. The molecule has 0 aliphatic carbocycles. The maximum Gasteiger partial charge on any atom is 0.191 e. The van der Waals surface area contributed by atoms with Gasteiger partial charge in [0.25, 0.3) is 0 Å². The Balaban J connectivity index is 1.57. The van der Waals surface area contributed by atoms with Gasteiger partial charge in [-0.1, -0.05) is 29.3 Å². The van der Waals surface area contributed by atoms with Crippen LogP contribution in [0.15, 0.2) is 24.3 Å². The molecule has 2 aliphatic heterocycles. The van der Waals surface area contributed by atoms with E-state index in [1.165, 1.54) is 5.56 Å². The standard InChI is InChI=1S/C21H23ClN4O4/c1-10-8-11(2)15(12(3)9-10)27-16-17(28-20-18(16)29-21(4,5)30-20)19-24-23-14-7-6-13(22)25-26(14)19/h6-9,16-18,20H,1-5H3/t16-,17-,18+,20+/m0/s1. The Morgan fingerprint density at radius 2 is 1.80 bits per heavy atom. The summed E-state index contributed by atoms with van der Waals surface area (Å²) in [6.45, 7) is 9.84. The van der Waals surface area contributed by atoms with Crippen molar-refractivity contribution >= 4 is 17.2 Å². The Morgan fingerprint density at radius 3 is 2.53 bits per heavy atom. The molecule has 3 aromatic rings. The Labute approximate surface area is 179 Å². The van der Waals surface area contributed by atoms with Crippen molar-refractivity contribution in [3.05, 3.63) is 51.9 Å². The molecular formula is C21H23ClN4O4. The fraction of sp³-hybridized carbons (Fsp3) is 0.476. The number of halogens is 1. The summed E-state index contributed by atoms with van der Waals surface area (Å²) in [6, 6.07) is 7.60. The van der Waals surface area contributed by atoms with Crippen LogP contribution in [0.1, 0.15) is 42.5 Å². The molecule has 0 radical (unpaired) electrons. The highest BCUT2D eigenvalue weighted by atomic mass is 35.5. The molecule has 9 heteroatoms. The van der Waals surface area contributed by atoms with E-state index >= 15 is 0 Å². The van der Waals surface area contributed by atoms with Crippen LogP contribution in [-0.4, -0.2) is 44.1 Å². The molecule has 0 saturated carbocycles. The lowest BCUT2D eigenvalue weighted by molar-refractivity contribution is -0.215. The van der Waals surface area contributed by atoms with Gasteiger partial charge in [-0.05, 0) is 57.9 Å². The molecule has 2 saturated heterocycles. The number of aromatic nitrogens is 4. The number of ether oxygens (including phenoxy) is 4. The summed E-state index contributed by atoms with van der Waals surface area (Å²) in [4.78, 5) is 0. The second-order valence-electron chi connectivity index (χ2n) is 8.32. The van der Waals surface area contributed by atoms with Crippen LogP contribution >= 0.6 is 11.6 Å². The van der Waals surface area contributed by atoms with Crippen molar-refractivity contribution in [3.8, 4) is 5.75 Å². The van der Waals surface area contributed by atoms with Gasteiger partial charge in [0.05, 0.1) is 0 Å². The summed E-state index contributed by atoms with van der Waals surface area (Å²) in [5.41, 5.74) is 3.83. The first-order chi connectivity index (χ1) is 14.2. The lowest BCUT2D eigenvalue weighted by atomic mass is 10.1. The summed E-state index contributed by atoms with van der Waals surface area (Å²) in [5.74, 6) is 0.514. The normalized spacial score (nSPS) is 27.5. The van der Waals surface area contributed by atoms with Crippen LogP contribution in [0.4, 0.5) is 0 Å². The van der Waals surface area contributed by atoms with E-state index in [-0.39, 0.29) is 0 Å². The maximum atomic E-state index is 6.54. The van der Waals surface area contributed by atoms with Crippen molar-refractivity contribution in [2.45, 2.75) is 65.0 Å². The van der Waals surface area contributed by atoms with Gasteiger partial charge in [-0.15, -0.1) is 10.2 Å². The number of hydrogen-bond acceptors (Lipinski definition) is 7. The topological polar surface area (TPSA) is 80.0 Å². The number of aryl methyl sites for hydroxylation is 3. The quantitative estimate of drug-likeness (QED) is 0.626. The third-order valence-corrected chi connectivity index (χ3v) is 5.56. The highest BCUT2D eigenvalue weighted by Crippen LogP contribution is 2.45. The molecule has 158 valence electrons. The molecule has 4 heterocycles. The predicted molar refractivity (Wildman–Crippen MR) is 109 cm³/mol. The predicted octanol–water partition coefficient (Wildman–Crippen LogP) is 3.70. The summed E-state index contributed by atoms with van der Waals surface area (Å²) in [7, 11) is 0. The number of benzene rings is 1. The first-order valence-corrected chi connectivity index (χ1v) is 10.2. The van der Waals surface area contributed by atoms with Gasteiger partial charge in [0.2, 0.25) is 0 Å². The van der Waals surface area contributed by atoms with Gasteiger partial charge in [0.1, 0.15) is 10.9 Å². The molecule has 2 fully saturated rings. The SMILES string of the molecule is Cc1cc(C)c(O[C@@H]2[C@H]3OC(C)(C)O[C@H]3O[C@@H]2c2nnc3ccc(Cl)nn23)c(C)c1. The van der Waals surface area contributed by atoms with Crippen molar-refractivity contribution in [2.24, 2.45) is 0 Å². The molecule has 0 spiro atoms. The van der Waals surface area contributed by atoms with Gasteiger partial charge < -0.3 is 18.9 Å². The van der Waals surface area contributed by atoms with Crippen molar-refractivity contribution in [1.29, 1.82) is 0 Å². The van der Waals surface area contributed by atoms with E-state index in [0.29, 0.717) is 16.6 Å². The van der Waals surface area contributed by atoms with Crippen LogP contribution in [0, 0.1) is 20.8 Å². The number of rotatable bonds is 3. The van der Waals surface area contributed by atoms with E-state index in [1.807, 2.05) is 27.7 Å². The lowest BCUT2D eigenvalue weighted by Crippen LogP contribution is -2.36. The minimum absolute atomic E-state index is 0.332.